The fourth-order valence-electron chi connectivity index (χ4n) is 1.93. The monoisotopic (exact) mass is 331 g/mol. The van der Waals surface area contributed by atoms with E-state index in [4.69, 9.17) is 0 Å². The molecule has 0 aliphatic heterocycles. The molecule has 0 spiro atoms. The Labute approximate surface area is 135 Å². The Morgan fingerprint density at radius 2 is 2.18 bits per heavy atom. The van der Waals surface area contributed by atoms with Gasteiger partial charge in [-0.25, -0.2) is 14.8 Å². The third-order valence-electron chi connectivity index (χ3n) is 3.18. The highest BCUT2D eigenvalue weighted by Gasteiger charge is 2.15. The summed E-state index contributed by atoms with van der Waals surface area (Å²) in [5.41, 5.74) is 1.86. The number of aryl methyl sites for hydroxylation is 2. The topological polar surface area (TPSA) is 75.1 Å². The molecule has 3 aromatic rings. The molecule has 0 amide bonds. The van der Waals surface area contributed by atoms with Crippen molar-refractivity contribution in [1.29, 1.82) is 0 Å². The third-order valence-corrected chi connectivity index (χ3v) is 5.08. The lowest BCUT2D eigenvalue weighted by Crippen LogP contribution is -2.05. The molecular weight excluding hydrogens is 318 g/mol. The number of carbonyl (C=O) groups is 1. The molecule has 0 fully saturated rings. The van der Waals surface area contributed by atoms with E-state index in [-0.39, 0.29) is 5.56 Å². The van der Waals surface area contributed by atoms with Crippen LogP contribution in [0.5, 0.6) is 0 Å². The molecule has 0 radical (unpaired) electrons. The van der Waals surface area contributed by atoms with Crippen LogP contribution in [0.1, 0.15) is 20.9 Å². The van der Waals surface area contributed by atoms with Crippen LogP contribution in [0.2, 0.25) is 0 Å². The summed E-state index contributed by atoms with van der Waals surface area (Å²) in [6.07, 6.45) is 1.67. The molecule has 0 unspecified atom stereocenters. The molecule has 5 nitrogen and oxygen atoms in total. The molecular formula is C15H13N3O2S2. The van der Waals surface area contributed by atoms with Crippen molar-refractivity contribution < 1.29 is 9.90 Å². The molecule has 0 aromatic carbocycles. The first-order chi connectivity index (χ1) is 10.5. The summed E-state index contributed by atoms with van der Waals surface area (Å²) >= 11 is 3.03. The maximum Gasteiger partial charge on any atom is 0.339 e. The van der Waals surface area contributed by atoms with Crippen molar-refractivity contribution in [1.82, 2.24) is 9.97 Å². The van der Waals surface area contributed by atoms with E-state index >= 15 is 0 Å². The average molecular weight is 331 g/mol. The van der Waals surface area contributed by atoms with E-state index in [1.165, 1.54) is 11.3 Å². The van der Waals surface area contributed by atoms with Gasteiger partial charge in [-0.05, 0) is 31.4 Å². The van der Waals surface area contributed by atoms with Crippen LogP contribution in [0.25, 0.3) is 10.4 Å². The Kier molecular flexibility index (Phi) is 3.91. The van der Waals surface area contributed by atoms with E-state index in [0.717, 1.165) is 21.0 Å². The van der Waals surface area contributed by atoms with Gasteiger partial charge in [-0.2, -0.15) is 0 Å². The molecule has 0 bridgehead atoms. The molecule has 3 heterocycles. The van der Waals surface area contributed by atoms with Crippen molar-refractivity contribution in [2.24, 2.45) is 0 Å². The van der Waals surface area contributed by atoms with Gasteiger partial charge in [-0.1, -0.05) is 6.07 Å². The number of aromatic nitrogens is 2. The van der Waals surface area contributed by atoms with Crippen molar-refractivity contribution in [2.45, 2.75) is 13.8 Å². The highest BCUT2D eigenvalue weighted by atomic mass is 32.1. The third kappa shape index (κ3) is 2.86. The minimum Gasteiger partial charge on any atom is -0.478 e. The quantitative estimate of drug-likeness (QED) is 0.744. The Balaban J connectivity index is 1.98. The fraction of sp³-hybridized carbons (Fsp3) is 0.133. The normalized spacial score (nSPS) is 10.6. The summed E-state index contributed by atoms with van der Waals surface area (Å²) in [6.45, 7) is 3.89. The Bertz CT molecular complexity index is 806. The molecule has 0 saturated carbocycles. The van der Waals surface area contributed by atoms with Crippen molar-refractivity contribution in [3.8, 4) is 10.4 Å². The molecule has 22 heavy (non-hydrogen) atoms. The maximum absolute atomic E-state index is 11.5. The fourth-order valence-corrected chi connectivity index (χ4v) is 3.45. The second-order valence-electron chi connectivity index (χ2n) is 4.69. The standard InChI is InChI=1S/C15H13N3O2S2/c1-8-9(2)22-15(17-8)18-13-11(14(19)20)6-10(7-16-13)12-4-3-5-21-12/h3-7H,1-2H3,(H,19,20)(H,16,17,18). The Morgan fingerprint density at radius 3 is 2.77 bits per heavy atom. The minimum absolute atomic E-state index is 0.136. The maximum atomic E-state index is 11.5. The SMILES string of the molecule is Cc1nc(Nc2ncc(-c3cccs3)cc2C(=O)O)sc1C. The van der Waals surface area contributed by atoms with Gasteiger partial charge < -0.3 is 10.4 Å². The number of nitrogens with one attached hydrogen (secondary N) is 1. The van der Waals surface area contributed by atoms with Crippen LogP contribution in [0.4, 0.5) is 10.9 Å². The number of nitrogens with zero attached hydrogens (tertiary/aromatic N) is 2. The van der Waals surface area contributed by atoms with Crippen molar-refractivity contribution in [3.63, 3.8) is 0 Å². The largest absolute Gasteiger partial charge is 0.478 e. The van der Waals surface area contributed by atoms with Gasteiger partial charge in [0, 0.05) is 21.5 Å². The van der Waals surface area contributed by atoms with Gasteiger partial charge in [0.25, 0.3) is 0 Å². The number of rotatable bonds is 4. The number of hydrogen-bond acceptors (Lipinski definition) is 6. The molecule has 3 rings (SSSR count). The van der Waals surface area contributed by atoms with E-state index in [2.05, 4.69) is 15.3 Å². The summed E-state index contributed by atoms with van der Waals surface area (Å²) in [5, 5.41) is 15.0. The van der Waals surface area contributed by atoms with Crippen LogP contribution in [0.3, 0.4) is 0 Å². The first kappa shape index (κ1) is 14.7. The number of aromatic carboxylic acids is 1. The average Bonchev–Trinajstić information content (AvgIpc) is 3.10. The molecule has 112 valence electrons. The summed E-state index contributed by atoms with van der Waals surface area (Å²) in [5.74, 6) is -0.708. The first-order valence-electron chi connectivity index (χ1n) is 6.53. The van der Waals surface area contributed by atoms with Crippen molar-refractivity contribution in [3.05, 3.63) is 45.9 Å². The van der Waals surface area contributed by atoms with Gasteiger partial charge in [0.1, 0.15) is 11.4 Å². The highest BCUT2D eigenvalue weighted by Crippen LogP contribution is 2.30. The number of pyridine rings is 1. The number of carboxylic acid groups (broad SMARTS) is 1. The number of carboxylic acids is 1. The molecule has 7 heteroatoms. The van der Waals surface area contributed by atoms with Gasteiger partial charge >= 0.3 is 5.97 Å². The van der Waals surface area contributed by atoms with Crippen LogP contribution in [0, 0.1) is 13.8 Å². The van der Waals surface area contributed by atoms with Crippen LogP contribution >= 0.6 is 22.7 Å². The summed E-state index contributed by atoms with van der Waals surface area (Å²) in [7, 11) is 0. The number of anilines is 2. The molecule has 2 N–H and O–H groups in total. The first-order valence-corrected chi connectivity index (χ1v) is 8.22. The zero-order chi connectivity index (χ0) is 15.7. The van der Waals surface area contributed by atoms with Crippen LogP contribution in [0.15, 0.2) is 29.8 Å². The molecule has 0 aliphatic rings. The van der Waals surface area contributed by atoms with Gasteiger partial charge in [0.2, 0.25) is 0 Å². The second kappa shape index (κ2) is 5.86. The number of thiophene rings is 1. The predicted octanol–water partition coefficient (Wildman–Crippen LogP) is 4.33. The Morgan fingerprint density at radius 1 is 1.36 bits per heavy atom. The summed E-state index contributed by atoms with van der Waals surface area (Å²) < 4.78 is 0. The van der Waals surface area contributed by atoms with E-state index in [1.807, 2.05) is 31.4 Å². The summed E-state index contributed by atoms with van der Waals surface area (Å²) in [6, 6.07) is 5.50. The minimum atomic E-state index is -1.02. The zero-order valence-corrected chi connectivity index (χ0v) is 13.6. The van der Waals surface area contributed by atoms with Crippen LogP contribution in [-0.2, 0) is 0 Å². The highest BCUT2D eigenvalue weighted by molar-refractivity contribution is 7.15. The number of thiazole rings is 1. The molecule has 0 saturated heterocycles. The predicted molar refractivity (Wildman–Crippen MR) is 89.4 cm³/mol. The van der Waals surface area contributed by atoms with Crippen LogP contribution in [-0.4, -0.2) is 21.0 Å². The van der Waals surface area contributed by atoms with Crippen molar-refractivity contribution in [2.75, 3.05) is 5.32 Å². The molecule has 3 aromatic heterocycles. The smallest absolute Gasteiger partial charge is 0.339 e. The van der Waals surface area contributed by atoms with Crippen molar-refractivity contribution >= 4 is 39.6 Å². The van der Waals surface area contributed by atoms with Gasteiger partial charge in [0.15, 0.2) is 5.13 Å². The van der Waals surface area contributed by atoms with Gasteiger partial charge in [0.05, 0.1) is 5.69 Å². The lowest BCUT2D eigenvalue weighted by Gasteiger charge is -2.07. The van der Waals surface area contributed by atoms with E-state index < -0.39 is 5.97 Å². The molecule has 0 aliphatic carbocycles. The van der Waals surface area contributed by atoms with E-state index in [0.29, 0.717) is 10.9 Å². The second-order valence-corrected chi connectivity index (χ2v) is 6.84. The lowest BCUT2D eigenvalue weighted by molar-refractivity contribution is 0.0697. The Hall–Kier alpha value is -2.25. The number of hydrogen-bond donors (Lipinski definition) is 2. The van der Waals surface area contributed by atoms with Gasteiger partial charge in [-0.15, -0.1) is 22.7 Å². The lowest BCUT2D eigenvalue weighted by atomic mass is 10.1. The summed E-state index contributed by atoms with van der Waals surface area (Å²) in [4.78, 5) is 22.2. The van der Waals surface area contributed by atoms with E-state index in [1.54, 1.807) is 23.6 Å². The van der Waals surface area contributed by atoms with Gasteiger partial charge in [-0.3, -0.25) is 0 Å². The van der Waals surface area contributed by atoms with Crippen LogP contribution < -0.4 is 5.32 Å². The zero-order valence-electron chi connectivity index (χ0n) is 12.0. The molecule has 0 atom stereocenters. The van der Waals surface area contributed by atoms with E-state index in [9.17, 15) is 9.90 Å².